The molecule has 2 rings (SSSR count). The van der Waals surface area contributed by atoms with Crippen LogP contribution in [-0.4, -0.2) is 49.6 Å². The van der Waals surface area contributed by atoms with E-state index in [-0.39, 0.29) is 24.0 Å². The fraction of sp³-hybridized carbons (Fsp3) is 0.933. The Hall–Kier alpha value is -0.0400. The second-order valence-electron chi connectivity index (χ2n) is 6.08. The van der Waals surface area contributed by atoms with E-state index in [1.807, 2.05) is 0 Å². The summed E-state index contributed by atoms with van der Waals surface area (Å²) in [7, 11) is 0. The molecule has 0 aromatic carbocycles. The van der Waals surface area contributed by atoms with E-state index < -0.39 is 0 Å². The fourth-order valence-electron chi connectivity index (χ4n) is 2.72. The topological polar surface area (TPSA) is 39.7 Å². The average Bonchev–Trinajstić information content (AvgIpc) is 3.19. The molecule has 1 unspecified atom stereocenters. The molecule has 4 nitrogen and oxygen atoms in total. The first-order valence-corrected chi connectivity index (χ1v) is 8.05. The lowest BCUT2D eigenvalue weighted by molar-refractivity contribution is 0.183. The van der Waals surface area contributed by atoms with Crippen molar-refractivity contribution in [3.8, 4) is 0 Å². The first-order valence-electron chi connectivity index (χ1n) is 8.05. The highest BCUT2D eigenvalue weighted by molar-refractivity contribution is 14.0. The van der Waals surface area contributed by atoms with Crippen LogP contribution in [-0.2, 0) is 0 Å². The number of likely N-dealkylation sites (tertiary alicyclic amines) is 1. The molecule has 0 radical (unpaired) electrons. The van der Waals surface area contributed by atoms with Crippen molar-refractivity contribution in [2.24, 2.45) is 10.9 Å². The van der Waals surface area contributed by atoms with Gasteiger partial charge in [0.25, 0.3) is 0 Å². The Kier molecular flexibility index (Phi) is 8.84. The average molecular weight is 394 g/mol. The first kappa shape index (κ1) is 18.0. The predicted molar refractivity (Wildman–Crippen MR) is 97.0 cm³/mol. The molecule has 1 atom stereocenters. The van der Waals surface area contributed by atoms with Gasteiger partial charge in [0, 0.05) is 25.7 Å². The van der Waals surface area contributed by atoms with E-state index in [2.05, 4.69) is 34.4 Å². The molecule has 118 valence electrons. The molecular weight excluding hydrogens is 363 g/mol. The highest BCUT2D eigenvalue weighted by atomic mass is 127. The van der Waals surface area contributed by atoms with E-state index in [4.69, 9.17) is 0 Å². The number of hydrogen-bond donors (Lipinski definition) is 2. The Morgan fingerprint density at radius 2 is 2.10 bits per heavy atom. The Morgan fingerprint density at radius 1 is 1.30 bits per heavy atom. The molecule has 1 saturated heterocycles. The van der Waals surface area contributed by atoms with Gasteiger partial charge < -0.3 is 15.5 Å². The summed E-state index contributed by atoms with van der Waals surface area (Å²) >= 11 is 0. The van der Waals surface area contributed by atoms with Crippen molar-refractivity contribution in [3.63, 3.8) is 0 Å². The van der Waals surface area contributed by atoms with Gasteiger partial charge in [-0.1, -0.05) is 6.92 Å². The molecule has 2 aliphatic rings. The second-order valence-corrected chi connectivity index (χ2v) is 6.08. The van der Waals surface area contributed by atoms with Gasteiger partial charge in [-0.2, -0.15) is 0 Å². The fourth-order valence-corrected chi connectivity index (χ4v) is 2.72. The third-order valence-electron chi connectivity index (χ3n) is 3.91. The second kappa shape index (κ2) is 9.82. The van der Waals surface area contributed by atoms with E-state index >= 15 is 0 Å². The van der Waals surface area contributed by atoms with Crippen LogP contribution in [0.4, 0.5) is 0 Å². The van der Waals surface area contributed by atoms with Crippen molar-refractivity contribution in [1.29, 1.82) is 0 Å². The third-order valence-corrected chi connectivity index (χ3v) is 3.91. The molecule has 0 amide bonds. The summed E-state index contributed by atoms with van der Waals surface area (Å²) in [6, 6.07) is 0.681. The van der Waals surface area contributed by atoms with Crippen LogP contribution >= 0.6 is 24.0 Å². The lowest BCUT2D eigenvalue weighted by Crippen LogP contribution is -2.39. The number of nitrogens with one attached hydrogen (secondary N) is 2. The predicted octanol–water partition coefficient (Wildman–Crippen LogP) is 2.44. The summed E-state index contributed by atoms with van der Waals surface area (Å²) in [4.78, 5) is 7.27. The number of piperidine rings is 1. The minimum atomic E-state index is 0. The van der Waals surface area contributed by atoms with Crippen molar-refractivity contribution in [1.82, 2.24) is 15.5 Å². The zero-order valence-corrected chi connectivity index (χ0v) is 15.4. The van der Waals surface area contributed by atoms with Crippen LogP contribution in [0.1, 0.15) is 46.0 Å². The maximum absolute atomic E-state index is 4.66. The molecule has 5 heteroatoms. The van der Waals surface area contributed by atoms with Crippen LogP contribution in [0, 0.1) is 5.92 Å². The molecule has 1 aliphatic carbocycles. The first-order chi connectivity index (χ1) is 9.28. The number of aliphatic imine (C=N–C) groups is 1. The molecular formula is C15H31IN4. The summed E-state index contributed by atoms with van der Waals surface area (Å²) < 4.78 is 0. The zero-order valence-electron chi connectivity index (χ0n) is 13.0. The molecule has 20 heavy (non-hydrogen) atoms. The van der Waals surface area contributed by atoms with E-state index in [0.717, 1.165) is 25.0 Å². The number of halogens is 1. The van der Waals surface area contributed by atoms with E-state index in [1.54, 1.807) is 0 Å². The van der Waals surface area contributed by atoms with Gasteiger partial charge in [-0.25, -0.2) is 0 Å². The van der Waals surface area contributed by atoms with E-state index in [0.29, 0.717) is 6.04 Å². The molecule has 0 bridgehead atoms. The van der Waals surface area contributed by atoms with Gasteiger partial charge in [0.05, 0.1) is 0 Å². The summed E-state index contributed by atoms with van der Waals surface area (Å²) in [6.45, 7) is 10.1. The number of hydrogen-bond acceptors (Lipinski definition) is 2. The summed E-state index contributed by atoms with van der Waals surface area (Å²) in [5, 5.41) is 6.79. The zero-order chi connectivity index (χ0) is 13.5. The smallest absolute Gasteiger partial charge is 0.191 e. The molecule has 2 fully saturated rings. The standard InChI is InChI=1S/C15H30N4.HI/c1-3-16-15(18-14-7-8-14)17-9-5-11-19-10-4-6-13(2)12-19;/h13-14H,3-12H2,1-2H3,(H2,16,17,18);1H. The molecule has 0 spiro atoms. The summed E-state index contributed by atoms with van der Waals surface area (Å²) in [5.41, 5.74) is 0. The van der Waals surface area contributed by atoms with Crippen LogP contribution < -0.4 is 10.6 Å². The molecule has 1 heterocycles. The van der Waals surface area contributed by atoms with Gasteiger partial charge in [0.1, 0.15) is 0 Å². The monoisotopic (exact) mass is 394 g/mol. The van der Waals surface area contributed by atoms with Crippen LogP contribution in [0.5, 0.6) is 0 Å². The normalized spacial score (nSPS) is 24.1. The Balaban J connectivity index is 0.00000200. The van der Waals surface area contributed by atoms with Crippen molar-refractivity contribution in [2.45, 2.75) is 52.0 Å². The molecule has 1 saturated carbocycles. The van der Waals surface area contributed by atoms with Crippen LogP contribution in [0.2, 0.25) is 0 Å². The minimum Gasteiger partial charge on any atom is -0.357 e. The Bertz CT molecular complexity index is 292. The van der Waals surface area contributed by atoms with Crippen molar-refractivity contribution in [2.75, 3.05) is 32.7 Å². The minimum absolute atomic E-state index is 0. The third kappa shape index (κ3) is 7.11. The van der Waals surface area contributed by atoms with Crippen molar-refractivity contribution < 1.29 is 0 Å². The van der Waals surface area contributed by atoms with E-state index in [1.165, 1.54) is 51.7 Å². The van der Waals surface area contributed by atoms with Crippen LogP contribution in [0.3, 0.4) is 0 Å². The summed E-state index contributed by atoms with van der Waals surface area (Å²) in [5.74, 6) is 1.89. The van der Waals surface area contributed by atoms with Crippen molar-refractivity contribution >= 4 is 29.9 Å². The Morgan fingerprint density at radius 3 is 2.75 bits per heavy atom. The molecule has 0 aromatic heterocycles. The number of guanidine groups is 1. The molecule has 1 aliphatic heterocycles. The maximum atomic E-state index is 4.66. The van der Waals surface area contributed by atoms with Crippen LogP contribution in [0.25, 0.3) is 0 Å². The highest BCUT2D eigenvalue weighted by Crippen LogP contribution is 2.18. The van der Waals surface area contributed by atoms with Gasteiger partial charge >= 0.3 is 0 Å². The highest BCUT2D eigenvalue weighted by Gasteiger charge is 2.22. The SMILES string of the molecule is CCNC(=NCCCN1CCCC(C)C1)NC1CC1.I. The van der Waals surface area contributed by atoms with Gasteiger partial charge in [0.15, 0.2) is 5.96 Å². The largest absolute Gasteiger partial charge is 0.357 e. The molecule has 0 aromatic rings. The van der Waals surface area contributed by atoms with E-state index in [9.17, 15) is 0 Å². The Labute approximate surface area is 141 Å². The van der Waals surface area contributed by atoms with Gasteiger partial charge in [-0.3, -0.25) is 4.99 Å². The number of nitrogens with zero attached hydrogens (tertiary/aromatic N) is 2. The lowest BCUT2D eigenvalue weighted by Gasteiger charge is -2.30. The van der Waals surface area contributed by atoms with Gasteiger partial charge in [-0.15, -0.1) is 24.0 Å². The quantitative estimate of drug-likeness (QED) is 0.315. The number of rotatable bonds is 6. The lowest BCUT2D eigenvalue weighted by atomic mass is 10.0. The van der Waals surface area contributed by atoms with Crippen molar-refractivity contribution in [3.05, 3.63) is 0 Å². The van der Waals surface area contributed by atoms with Gasteiger partial charge in [0.2, 0.25) is 0 Å². The summed E-state index contributed by atoms with van der Waals surface area (Å²) in [6.07, 6.45) is 6.56. The molecule has 2 N–H and O–H groups in total. The maximum Gasteiger partial charge on any atom is 0.191 e. The van der Waals surface area contributed by atoms with Crippen LogP contribution in [0.15, 0.2) is 4.99 Å². The van der Waals surface area contributed by atoms with Gasteiger partial charge in [-0.05, 0) is 58.0 Å².